The number of nitrogens with one attached hydrogen (secondary N) is 1. The fourth-order valence-electron chi connectivity index (χ4n) is 2.59. The summed E-state index contributed by atoms with van der Waals surface area (Å²) in [5, 5.41) is 2.63. The lowest BCUT2D eigenvalue weighted by Gasteiger charge is -2.18. The lowest BCUT2D eigenvalue weighted by atomic mass is 10.2. The number of amides is 1. The second-order valence-electron chi connectivity index (χ2n) is 6.04. The molecule has 0 fully saturated rings. The van der Waals surface area contributed by atoms with E-state index in [0.717, 1.165) is 5.75 Å². The van der Waals surface area contributed by atoms with Crippen molar-refractivity contribution in [3.8, 4) is 23.0 Å². The van der Waals surface area contributed by atoms with Crippen molar-refractivity contribution in [2.24, 2.45) is 0 Å². The van der Waals surface area contributed by atoms with Gasteiger partial charge in [0.05, 0.1) is 18.7 Å². The van der Waals surface area contributed by atoms with Crippen LogP contribution in [0.5, 0.6) is 23.0 Å². The standard InChI is InChI=1S/C21H23NO7/c1-2-25-16-4-6-17(7-5-16)26-10-9-22-20(23)14-29-21(24)15-3-8-18-19(13-15)28-12-11-27-18/h3-8,13H,2,9-12,14H2,1H3,(H,22,23). The molecule has 1 N–H and O–H groups in total. The molecule has 1 amide bonds. The number of fused-ring (bicyclic) bond motifs is 1. The molecule has 1 heterocycles. The number of rotatable bonds is 9. The van der Waals surface area contributed by atoms with Gasteiger partial charge in [0.25, 0.3) is 5.91 Å². The van der Waals surface area contributed by atoms with Gasteiger partial charge in [-0.15, -0.1) is 0 Å². The molecule has 0 unspecified atom stereocenters. The van der Waals surface area contributed by atoms with Crippen LogP contribution in [0.4, 0.5) is 0 Å². The van der Waals surface area contributed by atoms with Gasteiger partial charge in [-0.25, -0.2) is 4.79 Å². The van der Waals surface area contributed by atoms with Crippen LogP contribution in [0, 0.1) is 0 Å². The molecule has 1 aliphatic rings. The third kappa shape index (κ3) is 6.03. The monoisotopic (exact) mass is 401 g/mol. The average Bonchev–Trinajstić information content (AvgIpc) is 2.76. The Morgan fingerprint density at radius 2 is 1.66 bits per heavy atom. The summed E-state index contributed by atoms with van der Waals surface area (Å²) in [6.45, 7) is 3.61. The molecule has 8 nitrogen and oxygen atoms in total. The van der Waals surface area contributed by atoms with E-state index >= 15 is 0 Å². The van der Waals surface area contributed by atoms with Gasteiger partial charge >= 0.3 is 5.97 Å². The minimum atomic E-state index is -0.609. The molecule has 0 aliphatic carbocycles. The predicted octanol–water partition coefficient (Wildman–Crippen LogP) is 2.21. The first-order valence-electron chi connectivity index (χ1n) is 9.35. The molecule has 154 valence electrons. The largest absolute Gasteiger partial charge is 0.494 e. The number of esters is 1. The molecular formula is C21H23NO7. The van der Waals surface area contributed by atoms with Gasteiger partial charge in [-0.05, 0) is 49.4 Å². The molecule has 0 spiro atoms. The molecule has 8 heteroatoms. The Bertz CT molecular complexity index is 835. The Balaban J connectivity index is 1.35. The summed E-state index contributed by atoms with van der Waals surface area (Å²) in [4.78, 5) is 23.9. The molecule has 2 aromatic carbocycles. The molecule has 29 heavy (non-hydrogen) atoms. The molecule has 2 aromatic rings. The summed E-state index contributed by atoms with van der Waals surface area (Å²) in [7, 11) is 0. The quantitative estimate of drug-likeness (QED) is 0.509. The van der Waals surface area contributed by atoms with Crippen LogP contribution < -0.4 is 24.3 Å². The molecule has 0 saturated heterocycles. The third-order valence-electron chi connectivity index (χ3n) is 3.94. The summed E-state index contributed by atoms with van der Waals surface area (Å²) in [6.07, 6.45) is 0. The van der Waals surface area contributed by atoms with Crippen LogP contribution in [0.15, 0.2) is 42.5 Å². The first-order valence-corrected chi connectivity index (χ1v) is 9.35. The van der Waals surface area contributed by atoms with Crippen molar-refractivity contribution in [1.29, 1.82) is 0 Å². The van der Waals surface area contributed by atoms with Crippen molar-refractivity contribution in [1.82, 2.24) is 5.32 Å². The fraction of sp³-hybridized carbons (Fsp3) is 0.333. The maximum absolute atomic E-state index is 12.1. The van der Waals surface area contributed by atoms with E-state index < -0.39 is 11.9 Å². The van der Waals surface area contributed by atoms with E-state index in [1.54, 1.807) is 30.3 Å². The van der Waals surface area contributed by atoms with Crippen LogP contribution in [0.25, 0.3) is 0 Å². The van der Waals surface area contributed by atoms with E-state index in [2.05, 4.69) is 5.32 Å². The van der Waals surface area contributed by atoms with Gasteiger partial charge in [0.2, 0.25) is 0 Å². The second-order valence-corrected chi connectivity index (χ2v) is 6.04. The zero-order valence-electron chi connectivity index (χ0n) is 16.1. The number of hydrogen-bond acceptors (Lipinski definition) is 7. The molecule has 0 atom stereocenters. The van der Waals surface area contributed by atoms with Crippen LogP contribution in [0.2, 0.25) is 0 Å². The summed E-state index contributed by atoms with van der Waals surface area (Å²) in [6, 6.07) is 12.0. The van der Waals surface area contributed by atoms with Crippen molar-refractivity contribution in [2.75, 3.05) is 39.6 Å². The molecule has 0 radical (unpaired) electrons. The highest BCUT2D eigenvalue weighted by Gasteiger charge is 2.16. The lowest BCUT2D eigenvalue weighted by molar-refractivity contribution is -0.124. The van der Waals surface area contributed by atoms with Gasteiger partial charge in [0.15, 0.2) is 18.1 Å². The lowest BCUT2D eigenvalue weighted by Crippen LogP contribution is -2.32. The van der Waals surface area contributed by atoms with Crippen LogP contribution in [-0.2, 0) is 9.53 Å². The SMILES string of the molecule is CCOc1ccc(OCCNC(=O)COC(=O)c2ccc3c(c2)OCCO3)cc1. The summed E-state index contributed by atoms with van der Waals surface area (Å²) >= 11 is 0. The number of carbonyl (C=O) groups is 2. The first kappa shape index (κ1) is 20.3. The van der Waals surface area contributed by atoms with Crippen molar-refractivity contribution >= 4 is 11.9 Å². The normalized spacial score (nSPS) is 12.0. The van der Waals surface area contributed by atoms with Crippen molar-refractivity contribution in [2.45, 2.75) is 6.92 Å². The smallest absolute Gasteiger partial charge is 0.338 e. The molecule has 0 bridgehead atoms. The molecular weight excluding hydrogens is 378 g/mol. The van der Waals surface area contributed by atoms with E-state index in [1.165, 1.54) is 0 Å². The topological polar surface area (TPSA) is 92.3 Å². The average molecular weight is 401 g/mol. The van der Waals surface area contributed by atoms with Crippen molar-refractivity contribution in [3.63, 3.8) is 0 Å². The predicted molar refractivity (Wildman–Crippen MR) is 104 cm³/mol. The van der Waals surface area contributed by atoms with Gasteiger partial charge in [0.1, 0.15) is 31.3 Å². The number of carbonyl (C=O) groups excluding carboxylic acids is 2. The van der Waals surface area contributed by atoms with Crippen LogP contribution in [-0.4, -0.2) is 51.5 Å². The van der Waals surface area contributed by atoms with Crippen molar-refractivity contribution < 1.29 is 33.3 Å². The van der Waals surface area contributed by atoms with Crippen LogP contribution >= 0.6 is 0 Å². The molecule has 0 aromatic heterocycles. The number of ether oxygens (including phenoxy) is 5. The van der Waals surface area contributed by atoms with Crippen LogP contribution in [0.3, 0.4) is 0 Å². The van der Waals surface area contributed by atoms with Gasteiger partial charge in [-0.1, -0.05) is 0 Å². The van der Waals surface area contributed by atoms with Gasteiger partial charge in [-0.2, -0.15) is 0 Å². The Hall–Kier alpha value is -3.42. The first-order chi connectivity index (χ1) is 14.2. The Morgan fingerprint density at radius 3 is 2.38 bits per heavy atom. The molecule has 0 saturated carbocycles. The Labute approximate surface area is 168 Å². The van der Waals surface area contributed by atoms with E-state index in [0.29, 0.717) is 42.6 Å². The van der Waals surface area contributed by atoms with Gasteiger partial charge in [0, 0.05) is 0 Å². The van der Waals surface area contributed by atoms with E-state index in [4.69, 9.17) is 23.7 Å². The third-order valence-corrected chi connectivity index (χ3v) is 3.94. The fourth-order valence-corrected chi connectivity index (χ4v) is 2.59. The highest BCUT2D eigenvalue weighted by Crippen LogP contribution is 2.30. The summed E-state index contributed by atoms with van der Waals surface area (Å²) in [5.74, 6) is 1.49. The highest BCUT2D eigenvalue weighted by molar-refractivity contribution is 5.92. The zero-order valence-corrected chi connectivity index (χ0v) is 16.1. The van der Waals surface area contributed by atoms with E-state index in [1.807, 2.05) is 19.1 Å². The van der Waals surface area contributed by atoms with E-state index in [-0.39, 0.29) is 19.8 Å². The van der Waals surface area contributed by atoms with Gasteiger partial charge < -0.3 is 29.0 Å². The summed E-state index contributed by atoms with van der Waals surface area (Å²) in [5.41, 5.74) is 0.292. The summed E-state index contributed by atoms with van der Waals surface area (Å²) < 4.78 is 26.7. The highest BCUT2D eigenvalue weighted by atomic mass is 16.6. The van der Waals surface area contributed by atoms with Crippen LogP contribution in [0.1, 0.15) is 17.3 Å². The van der Waals surface area contributed by atoms with E-state index in [9.17, 15) is 9.59 Å². The number of hydrogen-bond donors (Lipinski definition) is 1. The number of benzene rings is 2. The van der Waals surface area contributed by atoms with Gasteiger partial charge in [-0.3, -0.25) is 4.79 Å². The minimum Gasteiger partial charge on any atom is -0.494 e. The van der Waals surface area contributed by atoms with Crippen molar-refractivity contribution in [3.05, 3.63) is 48.0 Å². The Morgan fingerprint density at radius 1 is 0.966 bits per heavy atom. The minimum absolute atomic E-state index is 0.285. The molecule has 3 rings (SSSR count). The second kappa shape index (κ2) is 10.2. The maximum atomic E-state index is 12.1. The maximum Gasteiger partial charge on any atom is 0.338 e. The zero-order chi connectivity index (χ0) is 20.5. The Kier molecular flexibility index (Phi) is 7.16. The molecule has 1 aliphatic heterocycles.